The van der Waals surface area contributed by atoms with Crippen LogP contribution in [0, 0.1) is 0 Å². The molecule has 2 aromatic carbocycles. The van der Waals surface area contributed by atoms with Gasteiger partial charge in [-0.3, -0.25) is 4.79 Å². The smallest absolute Gasteiger partial charge is 0.341 e. The summed E-state index contributed by atoms with van der Waals surface area (Å²) in [4.78, 5) is 24.5. The van der Waals surface area contributed by atoms with Crippen LogP contribution in [0.4, 0.5) is 0 Å². The maximum atomic E-state index is 12.3. The molecule has 1 aliphatic rings. The van der Waals surface area contributed by atoms with Gasteiger partial charge in [0.15, 0.2) is 12.4 Å². The Balaban J connectivity index is 1.70. The predicted octanol–water partition coefficient (Wildman–Crippen LogP) is 5.57. The van der Waals surface area contributed by atoms with Crippen molar-refractivity contribution < 1.29 is 14.3 Å². The zero-order valence-corrected chi connectivity index (χ0v) is 15.5. The maximum absolute atomic E-state index is 12.3. The molecule has 0 atom stereocenters. The van der Waals surface area contributed by atoms with Gasteiger partial charge in [-0.2, -0.15) is 0 Å². The number of hydrogen-bond acceptors (Lipinski definition) is 3. The molecule has 0 saturated heterocycles. The molecule has 2 aromatic rings. The van der Waals surface area contributed by atoms with E-state index >= 15 is 0 Å². The van der Waals surface area contributed by atoms with Gasteiger partial charge in [-0.25, -0.2) is 4.79 Å². The summed E-state index contributed by atoms with van der Waals surface area (Å²) in [5, 5.41) is 0.333. The Morgan fingerprint density at radius 3 is 2.36 bits per heavy atom. The number of halogens is 3. The minimum atomic E-state index is -0.774. The molecule has 0 bridgehead atoms. The first-order valence-corrected chi connectivity index (χ1v) is 9.06. The van der Waals surface area contributed by atoms with Gasteiger partial charge < -0.3 is 4.74 Å². The van der Waals surface area contributed by atoms with Crippen molar-refractivity contribution in [1.82, 2.24) is 0 Å². The number of carbonyl (C=O) groups is 2. The highest BCUT2D eigenvalue weighted by atomic mass is 35.5. The summed E-state index contributed by atoms with van der Waals surface area (Å²) >= 11 is 17.9. The van der Waals surface area contributed by atoms with Crippen LogP contribution >= 0.6 is 34.8 Å². The normalized spacial score (nSPS) is 13.2. The Morgan fingerprint density at radius 1 is 0.920 bits per heavy atom. The Hall–Kier alpha value is -1.55. The van der Waals surface area contributed by atoms with Gasteiger partial charge in [0, 0.05) is 5.56 Å². The second-order valence-corrected chi connectivity index (χ2v) is 7.10. The lowest BCUT2D eigenvalue weighted by Crippen LogP contribution is -2.16. The number of fused-ring (bicyclic) bond motifs is 1. The zero-order valence-electron chi connectivity index (χ0n) is 13.3. The van der Waals surface area contributed by atoms with Crippen LogP contribution in [0.5, 0.6) is 0 Å². The molecular weight excluding hydrogens is 383 g/mol. The molecule has 1 aliphatic carbocycles. The van der Waals surface area contributed by atoms with Gasteiger partial charge in [0.25, 0.3) is 0 Å². The highest BCUT2D eigenvalue weighted by Gasteiger charge is 2.20. The number of ether oxygens (including phenoxy) is 1. The quantitative estimate of drug-likeness (QED) is 0.385. The Kier molecular flexibility index (Phi) is 5.67. The minimum Gasteiger partial charge on any atom is -0.454 e. The van der Waals surface area contributed by atoms with Gasteiger partial charge in [0.05, 0.1) is 20.6 Å². The second-order valence-electron chi connectivity index (χ2n) is 5.91. The molecule has 0 spiro atoms. The third-order valence-electron chi connectivity index (χ3n) is 4.25. The molecule has 0 aliphatic heterocycles. The van der Waals surface area contributed by atoms with E-state index in [1.165, 1.54) is 29.7 Å². The van der Waals surface area contributed by atoms with E-state index < -0.39 is 5.97 Å². The second kappa shape index (κ2) is 7.77. The van der Waals surface area contributed by atoms with Crippen molar-refractivity contribution >= 4 is 46.6 Å². The summed E-state index contributed by atoms with van der Waals surface area (Å²) in [6, 6.07) is 8.59. The molecular formula is C19H15Cl3O3. The van der Waals surface area contributed by atoms with Crippen molar-refractivity contribution in [2.45, 2.75) is 25.7 Å². The summed E-state index contributed by atoms with van der Waals surface area (Å²) in [7, 11) is 0. The van der Waals surface area contributed by atoms with Gasteiger partial charge in [-0.1, -0.05) is 46.9 Å². The number of carbonyl (C=O) groups excluding carboxylic acids is 2. The van der Waals surface area contributed by atoms with Gasteiger partial charge in [0.1, 0.15) is 0 Å². The topological polar surface area (TPSA) is 43.4 Å². The fourth-order valence-corrected chi connectivity index (χ4v) is 3.59. The molecule has 6 heteroatoms. The molecule has 3 nitrogen and oxygen atoms in total. The van der Waals surface area contributed by atoms with E-state index in [-0.39, 0.29) is 33.0 Å². The molecule has 130 valence electrons. The fourth-order valence-electron chi connectivity index (χ4n) is 2.91. The molecule has 0 saturated carbocycles. The monoisotopic (exact) mass is 396 g/mol. The molecule has 0 N–H and O–H groups in total. The molecule has 25 heavy (non-hydrogen) atoms. The minimum absolute atomic E-state index is 0.0143. The zero-order chi connectivity index (χ0) is 18.0. The molecule has 0 unspecified atom stereocenters. The first-order chi connectivity index (χ1) is 12.0. The average Bonchev–Trinajstić information content (AvgIpc) is 2.62. The van der Waals surface area contributed by atoms with E-state index in [9.17, 15) is 9.59 Å². The van der Waals surface area contributed by atoms with Crippen LogP contribution in [0.25, 0.3) is 0 Å². The number of Topliss-reactive ketones (excluding diaryl/α,β-unsaturated/α-hetero) is 1. The van der Waals surface area contributed by atoms with Crippen LogP contribution in [0.2, 0.25) is 15.1 Å². The molecule has 0 heterocycles. The maximum Gasteiger partial charge on any atom is 0.341 e. The Bertz CT molecular complexity index is 846. The number of aryl methyl sites for hydroxylation is 2. The molecule has 0 aromatic heterocycles. The number of hydrogen-bond donors (Lipinski definition) is 0. The summed E-state index contributed by atoms with van der Waals surface area (Å²) in [5.41, 5.74) is 2.99. The van der Waals surface area contributed by atoms with Crippen LogP contribution in [0.3, 0.4) is 0 Å². The highest BCUT2D eigenvalue weighted by Crippen LogP contribution is 2.32. The molecule has 0 radical (unpaired) electrons. The van der Waals surface area contributed by atoms with E-state index in [1.54, 1.807) is 6.07 Å². The van der Waals surface area contributed by atoms with Crippen molar-refractivity contribution in [3.8, 4) is 0 Å². The van der Waals surface area contributed by atoms with E-state index in [0.29, 0.717) is 5.56 Å². The third kappa shape index (κ3) is 4.00. The SMILES string of the molecule is O=C(COC(=O)c1c(Cl)ccc(Cl)c1Cl)c1ccc2c(c1)CCCC2. The van der Waals surface area contributed by atoms with Crippen LogP contribution in [-0.4, -0.2) is 18.4 Å². The average molecular weight is 398 g/mol. The van der Waals surface area contributed by atoms with Crippen molar-refractivity contribution in [2.24, 2.45) is 0 Å². The van der Waals surface area contributed by atoms with Gasteiger partial charge in [-0.15, -0.1) is 0 Å². The lowest BCUT2D eigenvalue weighted by Gasteiger charge is -2.16. The van der Waals surface area contributed by atoms with Gasteiger partial charge in [0.2, 0.25) is 0 Å². The summed E-state index contributed by atoms with van der Waals surface area (Å²) in [6.07, 6.45) is 4.33. The number of ketones is 1. The Labute approximate surface area is 160 Å². The van der Waals surface area contributed by atoms with Gasteiger partial charge in [-0.05, 0) is 55.0 Å². The lowest BCUT2D eigenvalue weighted by molar-refractivity contribution is 0.0475. The Morgan fingerprint density at radius 2 is 1.60 bits per heavy atom. The van der Waals surface area contributed by atoms with Crippen molar-refractivity contribution in [3.05, 3.63) is 67.7 Å². The molecule has 0 amide bonds. The van der Waals surface area contributed by atoms with Crippen molar-refractivity contribution in [1.29, 1.82) is 0 Å². The number of benzene rings is 2. The van der Waals surface area contributed by atoms with E-state index in [2.05, 4.69) is 0 Å². The third-order valence-corrected chi connectivity index (χ3v) is 5.37. The predicted molar refractivity (Wildman–Crippen MR) is 99.2 cm³/mol. The summed E-state index contributed by atoms with van der Waals surface area (Å²) < 4.78 is 5.09. The van der Waals surface area contributed by atoms with Crippen LogP contribution in [-0.2, 0) is 17.6 Å². The lowest BCUT2D eigenvalue weighted by atomic mass is 9.90. The van der Waals surface area contributed by atoms with Crippen molar-refractivity contribution in [3.63, 3.8) is 0 Å². The number of rotatable bonds is 4. The van der Waals surface area contributed by atoms with Gasteiger partial charge >= 0.3 is 5.97 Å². The summed E-state index contributed by atoms with van der Waals surface area (Å²) in [5.74, 6) is -1.04. The largest absolute Gasteiger partial charge is 0.454 e. The standard InChI is InChI=1S/C19H15Cl3O3/c20-14-7-8-15(21)18(22)17(14)19(24)25-10-16(23)13-6-5-11-3-1-2-4-12(11)9-13/h5-9H,1-4,10H2. The van der Waals surface area contributed by atoms with Crippen LogP contribution in [0.15, 0.2) is 30.3 Å². The first kappa shape index (κ1) is 18.2. The van der Waals surface area contributed by atoms with Crippen LogP contribution < -0.4 is 0 Å². The highest BCUT2D eigenvalue weighted by molar-refractivity contribution is 6.46. The van der Waals surface area contributed by atoms with E-state index in [1.807, 2.05) is 12.1 Å². The summed E-state index contributed by atoms with van der Waals surface area (Å²) in [6.45, 7) is -0.378. The first-order valence-electron chi connectivity index (χ1n) is 7.93. The van der Waals surface area contributed by atoms with E-state index in [4.69, 9.17) is 39.5 Å². The molecule has 0 fully saturated rings. The molecule has 3 rings (SSSR count). The fraction of sp³-hybridized carbons (Fsp3) is 0.263. The number of esters is 1. The van der Waals surface area contributed by atoms with Crippen LogP contribution in [0.1, 0.15) is 44.7 Å². The van der Waals surface area contributed by atoms with E-state index in [0.717, 1.165) is 19.3 Å². The van der Waals surface area contributed by atoms with Crippen molar-refractivity contribution in [2.75, 3.05) is 6.61 Å².